The predicted molar refractivity (Wildman–Crippen MR) is 61.3 cm³/mol. The molecule has 0 bridgehead atoms. The van der Waals surface area contributed by atoms with E-state index in [4.69, 9.17) is 5.26 Å². The second-order valence-electron chi connectivity index (χ2n) is 3.35. The van der Waals surface area contributed by atoms with Crippen LogP contribution in [-0.2, 0) is 0 Å². The van der Waals surface area contributed by atoms with Crippen LogP contribution in [-0.4, -0.2) is 23.9 Å². The minimum absolute atomic E-state index is 0.0426. The average molecular weight is 285 g/mol. The van der Waals surface area contributed by atoms with Crippen LogP contribution in [0.5, 0.6) is 0 Å². The Bertz CT molecular complexity index is 456. The van der Waals surface area contributed by atoms with Crippen molar-refractivity contribution in [2.75, 3.05) is 7.05 Å². The molecule has 0 heterocycles. The molecule has 1 atom stereocenters. The standard InChI is InChI=1S/C11H10BrFN2O/c1-7(6-14)15(2)11(16)9-5-8(12)3-4-10(9)13/h3-5,7H,1-2H3. The van der Waals surface area contributed by atoms with Gasteiger partial charge < -0.3 is 4.90 Å². The van der Waals surface area contributed by atoms with Crippen molar-refractivity contribution >= 4 is 21.8 Å². The van der Waals surface area contributed by atoms with Crippen LogP contribution < -0.4 is 0 Å². The van der Waals surface area contributed by atoms with Crippen molar-refractivity contribution in [2.45, 2.75) is 13.0 Å². The van der Waals surface area contributed by atoms with E-state index >= 15 is 0 Å². The third-order valence-electron chi connectivity index (χ3n) is 2.25. The second kappa shape index (κ2) is 5.08. The lowest BCUT2D eigenvalue weighted by Crippen LogP contribution is -2.34. The van der Waals surface area contributed by atoms with Gasteiger partial charge in [0.25, 0.3) is 5.91 Å². The van der Waals surface area contributed by atoms with Crippen LogP contribution in [0.25, 0.3) is 0 Å². The Hall–Kier alpha value is -1.41. The molecule has 0 N–H and O–H groups in total. The Labute approximate surface area is 102 Å². The molecule has 3 nitrogen and oxygen atoms in total. The highest BCUT2D eigenvalue weighted by atomic mass is 79.9. The Morgan fingerprint density at radius 3 is 2.81 bits per heavy atom. The largest absolute Gasteiger partial charge is 0.326 e. The van der Waals surface area contributed by atoms with Crippen molar-refractivity contribution in [1.82, 2.24) is 4.90 Å². The van der Waals surface area contributed by atoms with Crippen molar-refractivity contribution in [2.24, 2.45) is 0 Å². The number of carbonyl (C=O) groups excluding carboxylic acids is 1. The van der Waals surface area contributed by atoms with Gasteiger partial charge in [-0.3, -0.25) is 4.79 Å². The Balaban J connectivity index is 3.06. The van der Waals surface area contributed by atoms with E-state index < -0.39 is 17.8 Å². The zero-order valence-corrected chi connectivity index (χ0v) is 10.5. The summed E-state index contributed by atoms with van der Waals surface area (Å²) in [7, 11) is 1.47. The van der Waals surface area contributed by atoms with Crippen LogP contribution >= 0.6 is 15.9 Å². The minimum Gasteiger partial charge on any atom is -0.326 e. The number of benzene rings is 1. The molecule has 1 aromatic rings. The lowest BCUT2D eigenvalue weighted by atomic mass is 10.1. The first-order valence-corrected chi connectivity index (χ1v) is 5.38. The molecule has 1 rings (SSSR count). The van der Waals surface area contributed by atoms with Crippen LogP contribution in [0, 0.1) is 17.1 Å². The van der Waals surface area contributed by atoms with Crippen LogP contribution in [0.2, 0.25) is 0 Å². The molecule has 0 aliphatic heterocycles. The van der Waals surface area contributed by atoms with Gasteiger partial charge in [-0.2, -0.15) is 5.26 Å². The summed E-state index contributed by atoms with van der Waals surface area (Å²) in [6.07, 6.45) is 0. The van der Waals surface area contributed by atoms with Crippen molar-refractivity contribution in [3.8, 4) is 6.07 Å². The van der Waals surface area contributed by atoms with Crippen LogP contribution in [0.15, 0.2) is 22.7 Å². The van der Waals surface area contributed by atoms with Gasteiger partial charge in [0, 0.05) is 11.5 Å². The molecular formula is C11H10BrFN2O. The van der Waals surface area contributed by atoms with Crippen molar-refractivity contribution in [1.29, 1.82) is 5.26 Å². The Morgan fingerprint density at radius 2 is 2.25 bits per heavy atom. The highest BCUT2D eigenvalue weighted by Gasteiger charge is 2.20. The molecule has 0 aliphatic rings. The van der Waals surface area contributed by atoms with E-state index in [1.54, 1.807) is 6.92 Å². The fourth-order valence-corrected chi connectivity index (χ4v) is 1.47. The summed E-state index contributed by atoms with van der Waals surface area (Å²) < 4.78 is 14.0. The number of rotatable bonds is 2. The highest BCUT2D eigenvalue weighted by molar-refractivity contribution is 9.10. The summed E-state index contributed by atoms with van der Waals surface area (Å²) in [5, 5.41) is 8.68. The maximum absolute atomic E-state index is 13.4. The van der Waals surface area contributed by atoms with E-state index in [1.807, 2.05) is 6.07 Å². The zero-order valence-electron chi connectivity index (χ0n) is 8.87. The maximum Gasteiger partial charge on any atom is 0.257 e. The first-order valence-electron chi connectivity index (χ1n) is 4.59. The Kier molecular flexibility index (Phi) is 4.02. The molecule has 5 heteroatoms. The van der Waals surface area contributed by atoms with Gasteiger partial charge in [-0.15, -0.1) is 0 Å². The molecular weight excluding hydrogens is 275 g/mol. The van der Waals surface area contributed by atoms with Crippen molar-refractivity contribution in [3.63, 3.8) is 0 Å². The smallest absolute Gasteiger partial charge is 0.257 e. The lowest BCUT2D eigenvalue weighted by molar-refractivity contribution is 0.0768. The molecule has 1 amide bonds. The molecule has 0 saturated heterocycles. The van der Waals surface area contributed by atoms with Crippen LogP contribution in [0.3, 0.4) is 0 Å². The summed E-state index contributed by atoms with van der Waals surface area (Å²) >= 11 is 3.17. The number of halogens is 2. The van der Waals surface area contributed by atoms with Gasteiger partial charge >= 0.3 is 0 Å². The van der Waals surface area contributed by atoms with Gasteiger partial charge in [0.15, 0.2) is 0 Å². The first-order chi connectivity index (χ1) is 7.47. The molecule has 0 saturated carbocycles. The fourth-order valence-electron chi connectivity index (χ4n) is 1.11. The molecule has 16 heavy (non-hydrogen) atoms. The SMILES string of the molecule is CC(C#N)N(C)C(=O)c1cc(Br)ccc1F. The van der Waals surface area contributed by atoms with E-state index in [9.17, 15) is 9.18 Å². The Morgan fingerprint density at radius 1 is 1.62 bits per heavy atom. The van der Waals surface area contributed by atoms with Gasteiger partial charge in [-0.25, -0.2) is 4.39 Å². The number of nitrogens with zero attached hydrogens (tertiary/aromatic N) is 2. The van der Waals surface area contributed by atoms with Crippen LogP contribution in [0.1, 0.15) is 17.3 Å². The van der Waals surface area contributed by atoms with E-state index in [1.165, 1.54) is 30.1 Å². The summed E-state index contributed by atoms with van der Waals surface area (Å²) in [6.45, 7) is 1.58. The summed E-state index contributed by atoms with van der Waals surface area (Å²) in [5.41, 5.74) is -0.0426. The van der Waals surface area contributed by atoms with Crippen molar-refractivity contribution < 1.29 is 9.18 Å². The summed E-state index contributed by atoms with van der Waals surface area (Å²) in [6, 6.07) is 5.45. The molecule has 84 valence electrons. The highest BCUT2D eigenvalue weighted by Crippen LogP contribution is 2.17. The van der Waals surface area contributed by atoms with E-state index in [0.29, 0.717) is 4.47 Å². The molecule has 0 spiro atoms. The summed E-state index contributed by atoms with van der Waals surface area (Å²) in [4.78, 5) is 13.0. The van der Waals surface area contributed by atoms with E-state index in [0.717, 1.165) is 0 Å². The number of amides is 1. The van der Waals surface area contributed by atoms with Gasteiger partial charge in [0.2, 0.25) is 0 Å². The van der Waals surface area contributed by atoms with Gasteiger partial charge in [-0.05, 0) is 25.1 Å². The number of carbonyl (C=O) groups is 1. The fraction of sp³-hybridized carbons (Fsp3) is 0.273. The third-order valence-corrected chi connectivity index (χ3v) is 2.74. The molecule has 0 aliphatic carbocycles. The minimum atomic E-state index is -0.592. The molecule has 1 aromatic carbocycles. The van der Waals surface area contributed by atoms with Crippen LogP contribution in [0.4, 0.5) is 4.39 Å². The predicted octanol–water partition coefficient (Wildman–Crippen LogP) is 2.57. The normalized spacial score (nSPS) is 11.7. The maximum atomic E-state index is 13.4. The third kappa shape index (κ3) is 2.58. The average Bonchev–Trinajstić information content (AvgIpc) is 2.29. The second-order valence-corrected chi connectivity index (χ2v) is 4.26. The first kappa shape index (κ1) is 12.7. The number of nitriles is 1. The van der Waals surface area contributed by atoms with Gasteiger partial charge in [0.1, 0.15) is 11.9 Å². The van der Waals surface area contributed by atoms with E-state index in [2.05, 4.69) is 15.9 Å². The number of hydrogen-bond acceptors (Lipinski definition) is 2. The quantitative estimate of drug-likeness (QED) is 0.838. The van der Waals surface area contributed by atoms with Gasteiger partial charge in [-0.1, -0.05) is 15.9 Å². The number of hydrogen-bond donors (Lipinski definition) is 0. The molecule has 0 aromatic heterocycles. The van der Waals surface area contributed by atoms with Crippen molar-refractivity contribution in [3.05, 3.63) is 34.1 Å². The zero-order chi connectivity index (χ0) is 12.3. The molecule has 0 radical (unpaired) electrons. The monoisotopic (exact) mass is 284 g/mol. The van der Waals surface area contributed by atoms with Gasteiger partial charge in [0.05, 0.1) is 11.6 Å². The molecule has 0 fully saturated rings. The molecule has 1 unspecified atom stereocenters. The lowest BCUT2D eigenvalue weighted by Gasteiger charge is -2.19. The summed E-state index contributed by atoms with van der Waals surface area (Å²) in [5.74, 6) is -1.10. The van der Waals surface area contributed by atoms with E-state index in [-0.39, 0.29) is 5.56 Å². The topological polar surface area (TPSA) is 44.1 Å².